The van der Waals surface area contributed by atoms with Gasteiger partial charge in [0, 0.05) is 43.8 Å². The number of aromatic nitrogens is 1. The Hall–Kier alpha value is -2.71. The first-order valence-electron chi connectivity index (χ1n) is 9.42. The van der Waals surface area contributed by atoms with Crippen LogP contribution in [0.5, 0.6) is 0 Å². The lowest BCUT2D eigenvalue weighted by molar-refractivity contribution is 0.570. The molecule has 4 aromatic rings. The third-order valence-corrected chi connectivity index (χ3v) is 7.44. The fraction of sp³-hybridized carbons (Fsp3) is 0.120. The summed E-state index contributed by atoms with van der Waals surface area (Å²) in [6, 6.07) is 26.3. The molecular weight excluding hydrogens is 346 g/mol. The second-order valence-electron chi connectivity index (χ2n) is 7.76. The fourth-order valence-corrected chi connectivity index (χ4v) is 5.98. The summed E-state index contributed by atoms with van der Waals surface area (Å²) in [5.41, 5.74) is 8.07. The SMILES string of the molecule is CC12Cc3[nH]c4ccc(-c5ccccc5)cc4c3C=C1Sc1ccccc12. The second kappa shape index (κ2) is 5.40. The van der Waals surface area contributed by atoms with E-state index in [1.165, 1.54) is 48.7 Å². The number of nitrogens with one attached hydrogen (secondary N) is 1. The van der Waals surface area contributed by atoms with Crippen LogP contribution in [0.3, 0.4) is 0 Å². The molecule has 1 aliphatic heterocycles. The molecule has 0 saturated carbocycles. The number of thioether (sulfide) groups is 1. The van der Waals surface area contributed by atoms with Crippen LogP contribution in [0.2, 0.25) is 0 Å². The molecule has 0 amide bonds. The van der Waals surface area contributed by atoms with Gasteiger partial charge >= 0.3 is 0 Å². The average Bonchev–Trinajstić information content (AvgIpc) is 3.20. The normalized spacial score (nSPS) is 20.1. The highest BCUT2D eigenvalue weighted by Crippen LogP contribution is 2.57. The molecule has 0 spiro atoms. The summed E-state index contributed by atoms with van der Waals surface area (Å²) >= 11 is 1.94. The van der Waals surface area contributed by atoms with Gasteiger partial charge in [0.05, 0.1) is 0 Å². The van der Waals surface area contributed by atoms with Crippen molar-refractivity contribution in [2.75, 3.05) is 0 Å². The zero-order valence-electron chi connectivity index (χ0n) is 15.1. The first-order chi connectivity index (χ1) is 13.2. The van der Waals surface area contributed by atoms with Crippen molar-refractivity contribution in [2.24, 2.45) is 0 Å². The van der Waals surface area contributed by atoms with Crippen LogP contribution in [-0.4, -0.2) is 4.98 Å². The lowest BCUT2D eigenvalue weighted by Crippen LogP contribution is -2.26. The summed E-state index contributed by atoms with van der Waals surface area (Å²) in [6.45, 7) is 2.39. The van der Waals surface area contributed by atoms with Gasteiger partial charge in [0.15, 0.2) is 0 Å². The van der Waals surface area contributed by atoms with E-state index in [1.807, 2.05) is 11.8 Å². The van der Waals surface area contributed by atoms with Crippen LogP contribution in [0.1, 0.15) is 23.7 Å². The summed E-state index contributed by atoms with van der Waals surface area (Å²) < 4.78 is 0. The largest absolute Gasteiger partial charge is 0.358 e. The molecule has 3 aromatic carbocycles. The van der Waals surface area contributed by atoms with Crippen molar-refractivity contribution >= 4 is 28.7 Å². The molecular formula is C25H19NS. The van der Waals surface area contributed by atoms with E-state index in [4.69, 9.17) is 0 Å². The number of allylic oxidation sites excluding steroid dienone is 1. The number of benzene rings is 3. The zero-order chi connectivity index (χ0) is 18.0. The molecule has 2 aliphatic rings. The number of hydrogen-bond donors (Lipinski definition) is 1. The minimum absolute atomic E-state index is 0.0946. The molecule has 2 heterocycles. The Labute approximate surface area is 163 Å². The third kappa shape index (κ3) is 2.14. The van der Waals surface area contributed by atoms with Crippen LogP contribution < -0.4 is 0 Å². The van der Waals surface area contributed by atoms with Gasteiger partial charge in [-0.2, -0.15) is 0 Å². The number of H-pyrrole nitrogens is 1. The zero-order valence-corrected chi connectivity index (χ0v) is 15.9. The maximum absolute atomic E-state index is 3.71. The van der Waals surface area contributed by atoms with E-state index in [2.05, 4.69) is 90.8 Å². The van der Waals surface area contributed by atoms with Crippen LogP contribution in [0.15, 0.2) is 82.6 Å². The Balaban J connectivity index is 1.53. The van der Waals surface area contributed by atoms with Crippen LogP contribution in [0.4, 0.5) is 0 Å². The molecule has 1 aromatic heterocycles. The number of rotatable bonds is 1. The Bertz CT molecular complexity index is 1230. The van der Waals surface area contributed by atoms with Gasteiger partial charge < -0.3 is 4.98 Å². The Morgan fingerprint density at radius 2 is 1.70 bits per heavy atom. The highest BCUT2D eigenvalue weighted by atomic mass is 32.2. The topological polar surface area (TPSA) is 15.8 Å². The second-order valence-corrected chi connectivity index (χ2v) is 8.84. The summed E-state index contributed by atoms with van der Waals surface area (Å²) in [5, 5.41) is 1.33. The standard InChI is InChI=1S/C25H19NS/c1-25-15-22-19(14-24(25)27-23-10-6-5-9-20(23)25)18-13-17(11-12-21(18)26-22)16-7-3-2-4-8-16/h2-14,26H,15H2,1H3. The third-order valence-electron chi connectivity index (χ3n) is 6.08. The van der Waals surface area contributed by atoms with E-state index in [9.17, 15) is 0 Å². The lowest BCUT2D eigenvalue weighted by atomic mass is 9.74. The van der Waals surface area contributed by atoms with Gasteiger partial charge in [-0.05, 0) is 41.0 Å². The van der Waals surface area contributed by atoms with Crippen molar-refractivity contribution in [1.29, 1.82) is 0 Å². The summed E-state index contributed by atoms with van der Waals surface area (Å²) in [7, 11) is 0. The molecule has 1 aliphatic carbocycles. The summed E-state index contributed by atoms with van der Waals surface area (Å²) in [6.07, 6.45) is 3.46. The van der Waals surface area contributed by atoms with Gasteiger partial charge in [-0.25, -0.2) is 0 Å². The van der Waals surface area contributed by atoms with Gasteiger partial charge in [-0.3, -0.25) is 0 Å². The molecule has 1 nitrogen and oxygen atoms in total. The van der Waals surface area contributed by atoms with Crippen molar-refractivity contribution in [1.82, 2.24) is 4.98 Å². The minimum Gasteiger partial charge on any atom is -0.358 e. The Morgan fingerprint density at radius 1 is 0.889 bits per heavy atom. The first kappa shape index (κ1) is 15.4. The van der Waals surface area contributed by atoms with Crippen LogP contribution in [-0.2, 0) is 11.8 Å². The fourth-order valence-electron chi connectivity index (χ4n) is 4.61. The molecule has 0 radical (unpaired) electrons. The predicted octanol–water partition coefficient (Wildman–Crippen LogP) is 6.80. The molecule has 1 atom stereocenters. The van der Waals surface area contributed by atoms with Crippen LogP contribution in [0, 0.1) is 0 Å². The smallest absolute Gasteiger partial charge is 0.0462 e. The molecule has 6 rings (SSSR count). The van der Waals surface area contributed by atoms with Gasteiger partial charge in [-0.1, -0.05) is 73.3 Å². The Morgan fingerprint density at radius 3 is 2.59 bits per heavy atom. The van der Waals surface area contributed by atoms with Gasteiger partial charge in [0.25, 0.3) is 0 Å². The average molecular weight is 366 g/mol. The van der Waals surface area contributed by atoms with Gasteiger partial charge in [0.2, 0.25) is 0 Å². The van der Waals surface area contributed by atoms with Gasteiger partial charge in [0.1, 0.15) is 0 Å². The highest BCUT2D eigenvalue weighted by Gasteiger charge is 2.42. The van der Waals surface area contributed by atoms with E-state index >= 15 is 0 Å². The van der Waals surface area contributed by atoms with Crippen molar-refractivity contribution in [2.45, 2.75) is 23.7 Å². The molecule has 0 fully saturated rings. The monoisotopic (exact) mass is 365 g/mol. The van der Waals surface area contributed by atoms with E-state index in [0.717, 1.165) is 6.42 Å². The molecule has 1 N–H and O–H groups in total. The highest BCUT2D eigenvalue weighted by molar-refractivity contribution is 8.03. The molecule has 2 heteroatoms. The molecule has 27 heavy (non-hydrogen) atoms. The maximum atomic E-state index is 3.71. The van der Waals surface area contributed by atoms with E-state index in [1.54, 1.807) is 0 Å². The molecule has 0 bridgehead atoms. The van der Waals surface area contributed by atoms with E-state index < -0.39 is 0 Å². The molecule has 0 saturated heterocycles. The van der Waals surface area contributed by atoms with Crippen molar-refractivity contribution in [3.8, 4) is 11.1 Å². The first-order valence-corrected chi connectivity index (χ1v) is 10.2. The molecule has 1 unspecified atom stereocenters. The molecule has 130 valence electrons. The lowest BCUT2D eigenvalue weighted by Gasteiger charge is -2.30. The summed E-state index contributed by atoms with van der Waals surface area (Å²) in [4.78, 5) is 6.59. The van der Waals surface area contributed by atoms with Crippen LogP contribution >= 0.6 is 11.8 Å². The summed E-state index contributed by atoms with van der Waals surface area (Å²) in [5.74, 6) is 0. The van der Waals surface area contributed by atoms with Crippen molar-refractivity contribution < 1.29 is 0 Å². The number of fused-ring (bicyclic) bond motifs is 6. The quantitative estimate of drug-likeness (QED) is 0.392. The maximum Gasteiger partial charge on any atom is 0.0462 e. The van der Waals surface area contributed by atoms with Crippen molar-refractivity contribution in [3.05, 3.63) is 94.5 Å². The van der Waals surface area contributed by atoms with Gasteiger partial charge in [-0.15, -0.1) is 0 Å². The van der Waals surface area contributed by atoms with E-state index in [0.29, 0.717) is 0 Å². The minimum atomic E-state index is 0.0946. The predicted molar refractivity (Wildman–Crippen MR) is 115 cm³/mol. The van der Waals surface area contributed by atoms with E-state index in [-0.39, 0.29) is 5.41 Å². The number of hydrogen-bond acceptors (Lipinski definition) is 1. The van der Waals surface area contributed by atoms with Crippen molar-refractivity contribution in [3.63, 3.8) is 0 Å². The Kier molecular flexibility index (Phi) is 3.07. The van der Waals surface area contributed by atoms with Crippen LogP contribution in [0.25, 0.3) is 28.1 Å². The number of aromatic amines is 1.